The first-order valence-corrected chi connectivity index (χ1v) is 5.60. The van der Waals surface area contributed by atoms with Crippen LogP contribution in [-0.4, -0.2) is 9.61 Å². The molecule has 79 valence electrons. The normalized spacial score (nSPS) is 11.5. The second kappa shape index (κ2) is 3.08. The van der Waals surface area contributed by atoms with Crippen molar-refractivity contribution in [3.8, 4) is 0 Å². The van der Waals surface area contributed by atoms with Crippen LogP contribution in [0, 0.1) is 6.07 Å². The summed E-state index contributed by atoms with van der Waals surface area (Å²) in [4.78, 5) is 0. The fourth-order valence-electron chi connectivity index (χ4n) is 2.30. The summed E-state index contributed by atoms with van der Waals surface area (Å²) in [6.07, 6.45) is 0. The summed E-state index contributed by atoms with van der Waals surface area (Å²) in [5, 5.41) is 6.91. The highest BCUT2D eigenvalue weighted by atomic mass is 15.2. The first-order chi connectivity index (χ1) is 8.43. The molecule has 17 heavy (non-hydrogen) atoms. The van der Waals surface area contributed by atoms with E-state index < -0.39 is 0 Å². The molecule has 0 aliphatic carbocycles. The summed E-state index contributed by atoms with van der Waals surface area (Å²) < 4.78 is 2.00. The van der Waals surface area contributed by atoms with Gasteiger partial charge < -0.3 is 0 Å². The van der Waals surface area contributed by atoms with E-state index in [1.165, 1.54) is 5.39 Å². The minimum absolute atomic E-state index is 1.03. The maximum atomic E-state index is 4.64. The third-order valence-electron chi connectivity index (χ3n) is 3.11. The van der Waals surface area contributed by atoms with Crippen molar-refractivity contribution in [1.82, 2.24) is 9.61 Å². The molecule has 0 fully saturated rings. The minimum Gasteiger partial charge on any atom is -0.232 e. The van der Waals surface area contributed by atoms with Gasteiger partial charge in [-0.15, -0.1) is 0 Å². The van der Waals surface area contributed by atoms with Crippen molar-refractivity contribution in [3.63, 3.8) is 0 Å². The molecule has 2 aromatic carbocycles. The molecule has 0 saturated heterocycles. The SMILES string of the molecule is [c]1cc2c3ccccc3nn2c2ccccc12. The van der Waals surface area contributed by atoms with Gasteiger partial charge in [0.2, 0.25) is 0 Å². The minimum atomic E-state index is 1.03. The lowest BCUT2D eigenvalue weighted by Crippen LogP contribution is -1.89. The summed E-state index contributed by atoms with van der Waals surface area (Å²) in [7, 11) is 0. The quantitative estimate of drug-likeness (QED) is 0.441. The van der Waals surface area contributed by atoms with Crippen molar-refractivity contribution in [2.45, 2.75) is 0 Å². The van der Waals surface area contributed by atoms with Gasteiger partial charge in [-0.05, 0) is 24.3 Å². The third kappa shape index (κ3) is 1.12. The van der Waals surface area contributed by atoms with E-state index in [0.29, 0.717) is 0 Å². The largest absolute Gasteiger partial charge is 0.232 e. The molecule has 0 saturated carbocycles. The van der Waals surface area contributed by atoms with Crippen LogP contribution < -0.4 is 0 Å². The molecule has 1 radical (unpaired) electrons. The first-order valence-electron chi connectivity index (χ1n) is 5.60. The van der Waals surface area contributed by atoms with E-state index in [-0.39, 0.29) is 0 Å². The fourth-order valence-corrected chi connectivity index (χ4v) is 2.30. The van der Waals surface area contributed by atoms with E-state index in [1.54, 1.807) is 0 Å². The molecule has 0 spiro atoms. The summed E-state index contributed by atoms with van der Waals surface area (Å²) >= 11 is 0. The zero-order chi connectivity index (χ0) is 11.2. The maximum Gasteiger partial charge on any atom is 0.0934 e. The standard InChI is InChI=1S/C15H9N2/c1-4-8-14-11(5-1)9-10-15-12-6-2-3-7-13(12)16-17(14)15/h1-8,10H. The predicted octanol–water partition coefficient (Wildman–Crippen LogP) is 3.44. The Bertz CT molecular complexity index is 843. The van der Waals surface area contributed by atoms with Crippen molar-refractivity contribution in [1.29, 1.82) is 0 Å². The van der Waals surface area contributed by atoms with Crippen LogP contribution in [0.5, 0.6) is 0 Å². The van der Waals surface area contributed by atoms with Gasteiger partial charge in [0.1, 0.15) is 0 Å². The van der Waals surface area contributed by atoms with Crippen LogP contribution in [0.3, 0.4) is 0 Å². The van der Waals surface area contributed by atoms with Crippen LogP contribution in [0.15, 0.2) is 54.6 Å². The van der Waals surface area contributed by atoms with Gasteiger partial charge >= 0.3 is 0 Å². The van der Waals surface area contributed by atoms with Gasteiger partial charge in [0.25, 0.3) is 0 Å². The Kier molecular flexibility index (Phi) is 1.59. The molecule has 2 aromatic heterocycles. The zero-order valence-corrected chi connectivity index (χ0v) is 9.09. The van der Waals surface area contributed by atoms with E-state index in [0.717, 1.165) is 21.9 Å². The van der Waals surface area contributed by atoms with Gasteiger partial charge in [0, 0.05) is 10.8 Å². The Labute approximate surface area is 98.1 Å². The molecule has 4 rings (SSSR count). The van der Waals surface area contributed by atoms with E-state index in [9.17, 15) is 0 Å². The molecule has 4 aromatic rings. The molecule has 0 amide bonds. The highest BCUT2D eigenvalue weighted by Gasteiger charge is 2.06. The van der Waals surface area contributed by atoms with Crippen LogP contribution in [0.25, 0.3) is 27.3 Å². The second-order valence-corrected chi connectivity index (χ2v) is 4.12. The molecule has 2 heterocycles. The van der Waals surface area contributed by atoms with Crippen LogP contribution in [0.2, 0.25) is 0 Å². The van der Waals surface area contributed by atoms with E-state index in [1.807, 2.05) is 40.9 Å². The first kappa shape index (κ1) is 8.76. The number of nitrogens with zero attached hydrogens (tertiary/aromatic N) is 2. The molecule has 0 unspecified atom stereocenters. The molecule has 2 nitrogen and oxygen atoms in total. The number of hydrogen-bond acceptors (Lipinski definition) is 1. The summed E-state index contributed by atoms with van der Waals surface area (Å²) in [6, 6.07) is 21.7. The number of rotatable bonds is 0. The van der Waals surface area contributed by atoms with Gasteiger partial charge in [-0.3, -0.25) is 0 Å². The smallest absolute Gasteiger partial charge is 0.0934 e. The lowest BCUT2D eigenvalue weighted by Gasteiger charge is -1.99. The van der Waals surface area contributed by atoms with Crippen LogP contribution in [-0.2, 0) is 0 Å². The van der Waals surface area contributed by atoms with Crippen LogP contribution in [0.4, 0.5) is 0 Å². The molecular weight excluding hydrogens is 208 g/mol. The number of benzene rings is 2. The number of aromatic nitrogens is 2. The molecule has 2 heteroatoms. The van der Waals surface area contributed by atoms with E-state index >= 15 is 0 Å². The highest BCUT2D eigenvalue weighted by molar-refractivity contribution is 5.97. The van der Waals surface area contributed by atoms with Gasteiger partial charge in [0.15, 0.2) is 0 Å². The summed E-state index contributed by atoms with van der Waals surface area (Å²) in [5.41, 5.74) is 3.23. The van der Waals surface area contributed by atoms with E-state index in [4.69, 9.17) is 0 Å². The van der Waals surface area contributed by atoms with Gasteiger partial charge in [-0.1, -0.05) is 36.4 Å². The van der Waals surface area contributed by atoms with Crippen molar-refractivity contribution >= 4 is 27.3 Å². The highest BCUT2D eigenvalue weighted by Crippen LogP contribution is 2.23. The monoisotopic (exact) mass is 217 g/mol. The van der Waals surface area contributed by atoms with Crippen molar-refractivity contribution < 1.29 is 0 Å². The predicted molar refractivity (Wildman–Crippen MR) is 69.0 cm³/mol. The Morgan fingerprint density at radius 3 is 2.71 bits per heavy atom. The average molecular weight is 217 g/mol. The average Bonchev–Trinajstić information content (AvgIpc) is 2.78. The van der Waals surface area contributed by atoms with E-state index in [2.05, 4.69) is 29.4 Å². The molecule has 0 atom stereocenters. The molecule has 0 N–H and O–H groups in total. The Morgan fingerprint density at radius 2 is 1.71 bits per heavy atom. The molecule has 0 aliphatic heterocycles. The fraction of sp³-hybridized carbons (Fsp3) is 0. The lowest BCUT2D eigenvalue weighted by molar-refractivity contribution is 1.03. The maximum absolute atomic E-state index is 4.64. The number of fused-ring (bicyclic) bond motifs is 5. The van der Waals surface area contributed by atoms with Crippen LogP contribution >= 0.6 is 0 Å². The van der Waals surface area contributed by atoms with Crippen molar-refractivity contribution in [3.05, 3.63) is 60.7 Å². The third-order valence-corrected chi connectivity index (χ3v) is 3.11. The topological polar surface area (TPSA) is 17.3 Å². The van der Waals surface area contributed by atoms with Crippen LogP contribution in [0.1, 0.15) is 0 Å². The summed E-state index contributed by atoms with van der Waals surface area (Å²) in [6.45, 7) is 0. The second-order valence-electron chi connectivity index (χ2n) is 4.12. The van der Waals surface area contributed by atoms with Gasteiger partial charge in [0.05, 0.1) is 16.6 Å². The number of hydrogen-bond donors (Lipinski definition) is 0. The van der Waals surface area contributed by atoms with Gasteiger partial charge in [-0.2, -0.15) is 5.10 Å². The van der Waals surface area contributed by atoms with Crippen molar-refractivity contribution in [2.75, 3.05) is 0 Å². The molecule has 0 aliphatic rings. The lowest BCUT2D eigenvalue weighted by atomic mass is 10.2. The Morgan fingerprint density at radius 1 is 0.882 bits per heavy atom. The Balaban J connectivity index is 2.34. The Hall–Kier alpha value is -2.35. The molecule has 0 bridgehead atoms. The molecular formula is C15H9N2. The van der Waals surface area contributed by atoms with Crippen molar-refractivity contribution in [2.24, 2.45) is 0 Å². The zero-order valence-electron chi connectivity index (χ0n) is 9.09. The van der Waals surface area contributed by atoms with Gasteiger partial charge in [-0.25, -0.2) is 4.52 Å². The number of para-hydroxylation sites is 1. The summed E-state index contributed by atoms with van der Waals surface area (Å²) in [5.74, 6) is 0. The number of pyridine rings is 1.